The van der Waals surface area contributed by atoms with Crippen LogP contribution in [0.25, 0.3) is 0 Å². The van der Waals surface area contributed by atoms with Crippen molar-refractivity contribution in [2.75, 3.05) is 31.8 Å². The minimum absolute atomic E-state index is 0.00380. The van der Waals surface area contributed by atoms with Crippen LogP contribution in [-0.4, -0.2) is 41.0 Å². The maximum Gasteiger partial charge on any atom is 0.229 e. The van der Waals surface area contributed by atoms with Crippen LogP contribution in [-0.2, 0) is 6.54 Å². The Morgan fingerprint density at radius 1 is 1.25 bits per heavy atom. The Labute approximate surface area is 118 Å². The van der Waals surface area contributed by atoms with E-state index in [4.69, 9.17) is 10.2 Å². The van der Waals surface area contributed by atoms with Crippen molar-refractivity contribution < 1.29 is 4.42 Å². The number of rotatable bonds is 5. The van der Waals surface area contributed by atoms with Gasteiger partial charge in [-0.2, -0.15) is 15.0 Å². The van der Waals surface area contributed by atoms with Gasteiger partial charge < -0.3 is 15.1 Å². The largest absolute Gasteiger partial charge is 0.468 e. The molecule has 2 heterocycles. The van der Waals surface area contributed by atoms with E-state index in [0.29, 0.717) is 18.3 Å². The maximum atomic E-state index is 5.75. The van der Waals surface area contributed by atoms with Crippen molar-refractivity contribution in [1.29, 1.82) is 0 Å². The van der Waals surface area contributed by atoms with E-state index in [-0.39, 0.29) is 12.0 Å². The molecule has 0 saturated carbocycles. The predicted molar refractivity (Wildman–Crippen MR) is 77.2 cm³/mol. The van der Waals surface area contributed by atoms with Crippen molar-refractivity contribution in [3.63, 3.8) is 0 Å². The number of nitrogens with two attached hydrogens (primary N) is 1. The molecule has 0 aliphatic heterocycles. The van der Waals surface area contributed by atoms with Crippen LogP contribution < -0.4 is 10.6 Å². The molecule has 0 aliphatic rings. The molecule has 1 atom stereocenters. The third-order valence-electron chi connectivity index (χ3n) is 3.08. The average molecular weight is 276 g/mol. The smallest absolute Gasteiger partial charge is 0.229 e. The van der Waals surface area contributed by atoms with Crippen LogP contribution in [0, 0.1) is 0 Å². The van der Waals surface area contributed by atoms with Crippen LogP contribution in [0.3, 0.4) is 0 Å². The number of nitrogen functional groups attached to an aromatic ring is 1. The summed E-state index contributed by atoms with van der Waals surface area (Å²) in [5.41, 5.74) is 5.75. The van der Waals surface area contributed by atoms with E-state index in [1.165, 1.54) is 0 Å². The van der Waals surface area contributed by atoms with E-state index in [2.05, 4.69) is 19.9 Å². The standard InChI is InChI=1S/C13H20N6O/c1-9(19(4)8-10-6-5-7-20-10)11-15-12(14)17-13(16-11)18(2)3/h5-7,9H,8H2,1-4H3,(H2,14,15,16,17)/t9-/m1/s1. The van der Waals surface area contributed by atoms with Crippen molar-refractivity contribution >= 4 is 11.9 Å². The van der Waals surface area contributed by atoms with E-state index < -0.39 is 0 Å². The van der Waals surface area contributed by atoms with Crippen molar-refractivity contribution in [3.05, 3.63) is 30.0 Å². The Morgan fingerprint density at radius 2 is 2.00 bits per heavy atom. The van der Waals surface area contributed by atoms with Gasteiger partial charge in [0.25, 0.3) is 0 Å². The van der Waals surface area contributed by atoms with Crippen molar-refractivity contribution in [1.82, 2.24) is 19.9 Å². The summed E-state index contributed by atoms with van der Waals surface area (Å²) in [6.07, 6.45) is 1.67. The highest BCUT2D eigenvalue weighted by atomic mass is 16.3. The molecular weight excluding hydrogens is 256 g/mol. The van der Waals surface area contributed by atoms with Gasteiger partial charge in [-0.15, -0.1) is 0 Å². The second-order valence-corrected chi connectivity index (χ2v) is 4.92. The van der Waals surface area contributed by atoms with E-state index in [1.807, 2.05) is 40.2 Å². The molecule has 0 bridgehead atoms. The predicted octanol–water partition coefficient (Wildman–Crippen LogP) is 1.31. The number of aromatic nitrogens is 3. The molecule has 0 saturated heterocycles. The molecule has 0 aromatic carbocycles. The minimum Gasteiger partial charge on any atom is -0.468 e. The second kappa shape index (κ2) is 5.87. The van der Waals surface area contributed by atoms with Crippen LogP contribution in [0.4, 0.5) is 11.9 Å². The number of furan rings is 1. The van der Waals surface area contributed by atoms with Gasteiger partial charge in [0.15, 0.2) is 5.82 Å². The van der Waals surface area contributed by atoms with Gasteiger partial charge in [0.2, 0.25) is 11.9 Å². The third kappa shape index (κ3) is 3.24. The highest BCUT2D eigenvalue weighted by molar-refractivity contribution is 5.33. The Balaban J connectivity index is 2.17. The fourth-order valence-corrected chi connectivity index (χ4v) is 1.77. The molecule has 108 valence electrons. The molecule has 0 amide bonds. The highest BCUT2D eigenvalue weighted by Gasteiger charge is 2.18. The average Bonchev–Trinajstić information content (AvgIpc) is 2.89. The number of hydrogen-bond donors (Lipinski definition) is 1. The Hall–Kier alpha value is -2.15. The molecule has 2 aromatic rings. The van der Waals surface area contributed by atoms with Crippen molar-refractivity contribution in [3.8, 4) is 0 Å². The second-order valence-electron chi connectivity index (χ2n) is 4.92. The zero-order valence-corrected chi connectivity index (χ0v) is 12.2. The van der Waals surface area contributed by atoms with Gasteiger partial charge in [-0.3, -0.25) is 4.90 Å². The van der Waals surface area contributed by atoms with E-state index >= 15 is 0 Å². The van der Waals surface area contributed by atoms with Crippen LogP contribution >= 0.6 is 0 Å². The highest BCUT2D eigenvalue weighted by Crippen LogP contribution is 2.19. The number of hydrogen-bond acceptors (Lipinski definition) is 7. The topological polar surface area (TPSA) is 84.3 Å². The molecule has 0 spiro atoms. The molecule has 0 radical (unpaired) electrons. The lowest BCUT2D eigenvalue weighted by Crippen LogP contribution is -2.25. The molecule has 2 N–H and O–H groups in total. The third-order valence-corrected chi connectivity index (χ3v) is 3.08. The zero-order valence-electron chi connectivity index (χ0n) is 12.2. The van der Waals surface area contributed by atoms with Gasteiger partial charge in [0.05, 0.1) is 18.8 Å². The summed E-state index contributed by atoms with van der Waals surface area (Å²) >= 11 is 0. The lowest BCUT2D eigenvalue weighted by molar-refractivity contribution is 0.224. The lowest BCUT2D eigenvalue weighted by atomic mass is 10.2. The summed E-state index contributed by atoms with van der Waals surface area (Å²) in [6.45, 7) is 2.70. The van der Waals surface area contributed by atoms with Crippen LogP contribution in [0.2, 0.25) is 0 Å². The first-order chi connectivity index (χ1) is 9.47. The van der Waals surface area contributed by atoms with Gasteiger partial charge in [-0.25, -0.2) is 0 Å². The van der Waals surface area contributed by atoms with E-state index in [0.717, 1.165) is 5.76 Å². The Bertz CT molecular complexity index is 554. The van der Waals surface area contributed by atoms with Gasteiger partial charge in [-0.1, -0.05) is 0 Å². The SMILES string of the molecule is C[C@H](c1nc(N)nc(N(C)C)n1)N(C)Cc1ccco1. The summed E-state index contributed by atoms with van der Waals surface area (Å²) in [5.74, 6) is 2.34. The van der Waals surface area contributed by atoms with Crippen molar-refractivity contribution in [2.24, 2.45) is 0 Å². The Kier molecular flexibility index (Phi) is 4.19. The molecule has 2 aromatic heterocycles. The first-order valence-electron chi connectivity index (χ1n) is 6.38. The maximum absolute atomic E-state index is 5.75. The molecule has 0 aliphatic carbocycles. The van der Waals surface area contributed by atoms with E-state index in [9.17, 15) is 0 Å². The lowest BCUT2D eigenvalue weighted by Gasteiger charge is -2.23. The molecule has 2 rings (SSSR count). The van der Waals surface area contributed by atoms with Crippen molar-refractivity contribution in [2.45, 2.75) is 19.5 Å². The summed E-state index contributed by atoms with van der Waals surface area (Å²) in [4.78, 5) is 16.6. The zero-order chi connectivity index (χ0) is 14.7. The van der Waals surface area contributed by atoms with Gasteiger partial charge in [-0.05, 0) is 26.1 Å². The van der Waals surface area contributed by atoms with E-state index in [1.54, 1.807) is 11.2 Å². The quantitative estimate of drug-likeness (QED) is 0.881. The van der Waals surface area contributed by atoms with Crippen LogP contribution in [0.1, 0.15) is 24.6 Å². The number of anilines is 2. The molecular formula is C13H20N6O. The molecule has 0 unspecified atom stereocenters. The molecule has 0 fully saturated rings. The Morgan fingerprint density at radius 3 is 2.60 bits per heavy atom. The monoisotopic (exact) mass is 276 g/mol. The van der Waals surface area contributed by atoms with Crippen LogP contribution in [0.15, 0.2) is 22.8 Å². The molecule has 7 heteroatoms. The fourth-order valence-electron chi connectivity index (χ4n) is 1.77. The fraction of sp³-hybridized carbons (Fsp3) is 0.462. The summed E-state index contributed by atoms with van der Waals surface area (Å²) < 4.78 is 5.35. The molecule has 20 heavy (non-hydrogen) atoms. The first-order valence-corrected chi connectivity index (χ1v) is 6.38. The van der Waals surface area contributed by atoms with Gasteiger partial charge in [0.1, 0.15) is 5.76 Å². The number of nitrogens with zero attached hydrogens (tertiary/aromatic N) is 5. The normalized spacial score (nSPS) is 12.7. The molecule has 7 nitrogen and oxygen atoms in total. The van der Waals surface area contributed by atoms with Gasteiger partial charge in [0, 0.05) is 14.1 Å². The van der Waals surface area contributed by atoms with Gasteiger partial charge >= 0.3 is 0 Å². The van der Waals surface area contributed by atoms with Crippen LogP contribution in [0.5, 0.6) is 0 Å². The minimum atomic E-state index is 0.00380. The summed E-state index contributed by atoms with van der Waals surface area (Å²) in [6, 6.07) is 3.82. The first kappa shape index (κ1) is 14.3. The summed E-state index contributed by atoms with van der Waals surface area (Å²) in [7, 11) is 5.73. The summed E-state index contributed by atoms with van der Waals surface area (Å²) in [5, 5.41) is 0.